The molecule has 0 aliphatic carbocycles. The van der Waals surface area contributed by atoms with E-state index in [1.807, 2.05) is 0 Å². The van der Waals surface area contributed by atoms with E-state index < -0.39 is 0 Å². The Morgan fingerprint density at radius 2 is 1.88 bits per heavy atom. The molecule has 1 aromatic rings. The molecule has 1 heterocycles. The Morgan fingerprint density at radius 1 is 1.23 bits per heavy atom. The second-order valence-electron chi connectivity index (χ2n) is 7.83. The number of likely N-dealkylation sites (tertiary alicyclic amines) is 1. The Balaban J connectivity index is 0.00000338. The molecule has 0 spiro atoms. The molecule has 1 aromatic carbocycles. The first kappa shape index (κ1) is 23.2. The molecule has 3 N–H and O–H groups in total. The molecule has 0 aromatic heterocycles. The van der Waals surface area contributed by atoms with Gasteiger partial charge >= 0.3 is 0 Å². The zero-order chi connectivity index (χ0) is 18.1. The summed E-state index contributed by atoms with van der Waals surface area (Å²) in [6.45, 7) is 11.0. The van der Waals surface area contributed by atoms with Gasteiger partial charge in [-0.1, -0.05) is 30.3 Å². The predicted molar refractivity (Wildman–Crippen MR) is 120 cm³/mol. The lowest BCUT2D eigenvalue weighted by molar-refractivity contribution is 0.00566. The number of piperidine rings is 1. The topological polar surface area (TPSA) is 62.9 Å². The van der Waals surface area contributed by atoms with E-state index in [0.717, 1.165) is 45.5 Å². The smallest absolute Gasteiger partial charge is 0.188 e. The number of rotatable bonds is 7. The SMILES string of the molecule is CC(C)(C)NC(N)=NCCCOC1CCN(Cc2ccccc2)CC1.I. The molecule has 26 heavy (non-hydrogen) atoms. The van der Waals surface area contributed by atoms with Gasteiger partial charge in [-0.3, -0.25) is 9.89 Å². The predicted octanol–water partition coefficient (Wildman–Crippen LogP) is 3.38. The number of nitrogens with two attached hydrogens (primary N) is 1. The molecule has 0 saturated carbocycles. The largest absolute Gasteiger partial charge is 0.378 e. The van der Waals surface area contributed by atoms with E-state index in [1.54, 1.807) is 0 Å². The zero-order valence-corrected chi connectivity index (χ0v) is 18.7. The van der Waals surface area contributed by atoms with Gasteiger partial charge in [0.05, 0.1) is 6.10 Å². The highest BCUT2D eigenvalue weighted by molar-refractivity contribution is 14.0. The van der Waals surface area contributed by atoms with E-state index in [9.17, 15) is 0 Å². The molecular weight excluding hydrogens is 439 g/mol. The third kappa shape index (κ3) is 9.73. The highest BCUT2D eigenvalue weighted by Gasteiger charge is 2.19. The number of halogens is 1. The molecular formula is C20H35IN4O. The number of benzene rings is 1. The van der Waals surface area contributed by atoms with Crippen LogP contribution in [0.15, 0.2) is 35.3 Å². The van der Waals surface area contributed by atoms with Gasteiger partial charge in [0.2, 0.25) is 0 Å². The molecule has 0 unspecified atom stereocenters. The minimum atomic E-state index is -0.0438. The summed E-state index contributed by atoms with van der Waals surface area (Å²) in [5, 5.41) is 3.17. The van der Waals surface area contributed by atoms with Crippen LogP contribution in [0.5, 0.6) is 0 Å². The standard InChI is InChI=1S/C20H34N4O.HI/c1-20(2,3)23-19(21)22-12-7-15-25-18-10-13-24(14-11-18)16-17-8-5-4-6-9-17;/h4-6,8-9,18H,7,10-16H2,1-3H3,(H3,21,22,23);1H. The Hall–Kier alpha value is -0.860. The first-order valence-electron chi connectivity index (χ1n) is 9.38. The average Bonchev–Trinajstić information content (AvgIpc) is 2.55. The van der Waals surface area contributed by atoms with Gasteiger partial charge in [-0.05, 0) is 45.6 Å². The molecule has 0 bridgehead atoms. The third-order valence-electron chi connectivity index (χ3n) is 4.22. The summed E-state index contributed by atoms with van der Waals surface area (Å²) in [6.07, 6.45) is 3.53. The summed E-state index contributed by atoms with van der Waals surface area (Å²) in [4.78, 5) is 6.86. The second-order valence-corrected chi connectivity index (χ2v) is 7.83. The lowest BCUT2D eigenvalue weighted by atomic mass is 10.1. The van der Waals surface area contributed by atoms with Gasteiger partial charge in [-0.2, -0.15) is 0 Å². The summed E-state index contributed by atoms with van der Waals surface area (Å²) in [7, 11) is 0. The highest BCUT2D eigenvalue weighted by atomic mass is 127. The van der Waals surface area contributed by atoms with Crippen LogP contribution in [0.25, 0.3) is 0 Å². The Bertz CT molecular complexity index is 522. The van der Waals surface area contributed by atoms with Gasteiger partial charge in [0.25, 0.3) is 0 Å². The van der Waals surface area contributed by atoms with Gasteiger partial charge in [0.1, 0.15) is 0 Å². The van der Waals surface area contributed by atoms with Gasteiger partial charge in [0.15, 0.2) is 5.96 Å². The number of nitrogens with zero attached hydrogens (tertiary/aromatic N) is 2. The van der Waals surface area contributed by atoms with Crippen LogP contribution in [0.3, 0.4) is 0 Å². The summed E-state index contributed by atoms with van der Waals surface area (Å²) >= 11 is 0. The van der Waals surface area contributed by atoms with Crippen molar-refractivity contribution in [2.24, 2.45) is 10.7 Å². The van der Waals surface area contributed by atoms with Crippen LogP contribution >= 0.6 is 24.0 Å². The fourth-order valence-corrected chi connectivity index (χ4v) is 3.01. The number of nitrogens with one attached hydrogen (secondary N) is 1. The Kier molecular flexibility index (Phi) is 10.5. The summed E-state index contributed by atoms with van der Waals surface area (Å²) < 4.78 is 6.01. The average molecular weight is 474 g/mol. The van der Waals surface area contributed by atoms with Gasteiger partial charge < -0.3 is 15.8 Å². The second kappa shape index (κ2) is 11.8. The van der Waals surface area contributed by atoms with E-state index in [1.165, 1.54) is 5.56 Å². The van der Waals surface area contributed by atoms with Crippen LogP contribution in [0, 0.1) is 0 Å². The monoisotopic (exact) mass is 474 g/mol. The molecule has 0 atom stereocenters. The van der Waals surface area contributed by atoms with E-state index in [-0.39, 0.29) is 29.5 Å². The van der Waals surface area contributed by atoms with E-state index >= 15 is 0 Å². The molecule has 1 aliphatic rings. The number of ether oxygens (including phenoxy) is 1. The third-order valence-corrected chi connectivity index (χ3v) is 4.22. The van der Waals surface area contributed by atoms with Crippen molar-refractivity contribution in [1.29, 1.82) is 0 Å². The molecule has 0 amide bonds. The van der Waals surface area contributed by atoms with Crippen molar-refractivity contribution in [2.45, 2.75) is 58.2 Å². The number of hydrogen-bond donors (Lipinski definition) is 2. The molecule has 148 valence electrons. The number of guanidine groups is 1. The Labute approximate surface area is 175 Å². The van der Waals surface area contributed by atoms with Crippen molar-refractivity contribution < 1.29 is 4.74 Å². The minimum absolute atomic E-state index is 0. The van der Waals surface area contributed by atoms with Crippen LogP contribution in [0.1, 0.15) is 45.6 Å². The van der Waals surface area contributed by atoms with Crippen LogP contribution < -0.4 is 11.1 Å². The molecule has 1 saturated heterocycles. The van der Waals surface area contributed by atoms with Gasteiger partial charge in [0, 0.05) is 38.3 Å². The molecule has 2 rings (SSSR count). The highest BCUT2D eigenvalue weighted by Crippen LogP contribution is 2.16. The van der Waals surface area contributed by atoms with Crippen molar-refractivity contribution in [3.63, 3.8) is 0 Å². The van der Waals surface area contributed by atoms with Gasteiger partial charge in [-0.25, -0.2) is 0 Å². The maximum atomic E-state index is 6.01. The minimum Gasteiger partial charge on any atom is -0.378 e. The first-order valence-corrected chi connectivity index (χ1v) is 9.38. The van der Waals surface area contributed by atoms with Crippen molar-refractivity contribution >= 4 is 29.9 Å². The van der Waals surface area contributed by atoms with Crippen molar-refractivity contribution in [2.75, 3.05) is 26.2 Å². The quantitative estimate of drug-likeness (QED) is 0.275. The van der Waals surface area contributed by atoms with Crippen LogP contribution in [-0.4, -0.2) is 48.7 Å². The maximum Gasteiger partial charge on any atom is 0.188 e. The summed E-state index contributed by atoms with van der Waals surface area (Å²) in [5.74, 6) is 0.515. The summed E-state index contributed by atoms with van der Waals surface area (Å²) in [5.41, 5.74) is 7.20. The van der Waals surface area contributed by atoms with E-state index in [0.29, 0.717) is 18.6 Å². The molecule has 6 heteroatoms. The van der Waals surface area contributed by atoms with Crippen LogP contribution in [0.2, 0.25) is 0 Å². The van der Waals surface area contributed by atoms with Gasteiger partial charge in [-0.15, -0.1) is 24.0 Å². The lowest BCUT2D eigenvalue weighted by Crippen LogP contribution is -2.45. The molecule has 1 fully saturated rings. The fourth-order valence-electron chi connectivity index (χ4n) is 3.01. The van der Waals surface area contributed by atoms with E-state index in [4.69, 9.17) is 10.5 Å². The van der Waals surface area contributed by atoms with Crippen molar-refractivity contribution in [3.05, 3.63) is 35.9 Å². The molecule has 0 radical (unpaired) electrons. The number of hydrogen-bond acceptors (Lipinski definition) is 3. The molecule has 1 aliphatic heterocycles. The molecule has 5 nitrogen and oxygen atoms in total. The van der Waals surface area contributed by atoms with Crippen LogP contribution in [0.4, 0.5) is 0 Å². The summed E-state index contributed by atoms with van der Waals surface area (Å²) in [6, 6.07) is 10.7. The maximum absolute atomic E-state index is 6.01. The van der Waals surface area contributed by atoms with Crippen molar-refractivity contribution in [1.82, 2.24) is 10.2 Å². The zero-order valence-electron chi connectivity index (χ0n) is 16.4. The van der Waals surface area contributed by atoms with Crippen LogP contribution in [-0.2, 0) is 11.3 Å². The number of aliphatic imine (C=N–C) groups is 1. The van der Waals surface area contributed by atoms with Crippen molar-refractivity contribution in [3.8, 4) is 0 Å². The Morgan fingerprint density at radius 3 is 2.50 bits per heavy atom. The normalized spacial score (nSPS) is 17.0. The first-order chi connectivity index (χ1) is 11.9. The lowest BCUT2D eigenvalue weighted by Gasteiger charge is -2.31. The fraction of sp³-hybridized carbons (Fsp3) is 0.650. The van der Waals surface area contributed by atoms with E-state index in [2.05, 4.69) is 66.3 Å².